The van der Waals surface area contributed by atoms with Crippen LogP contribution >= 0.6 is 24.0 Å². The van der Waals surface area contributed by atoms with Crippen LogP contribution in [0.2, 0.25) is 0 Å². The average Bonchev–Trinajstić information content (AvgIpc) is 2.58. The van der Waals surface area contributed by atoms with E-state index in [-0.39, 0.29) is 41.4 Å². The number of aliphatic imine (C=N–C) groups is 1. The highest BCUT2D eigenvalue weighted by atomic mass is 127. The quantitative estimate of drug-likeness (QED) is 0.350. The molecule has 0 aromatic heterocycles. The van der Waals surface area contributed by atoms with Crippen molar-refractivity contribution in [3.63, 3.8) is 0 Å². The van der Waals surface area contributed by atoms with Crippen LogP contribution < -0.4 is 10.6 Å². The lowest BCUT2D eigenvalue weighted by Gasteiger charge is -2.30. The molecule has 0 fully saturated rings. The van der Waals surface area contributed by atoms with E-state index in [2.05, 4.69) is 36.4 Å². The monoisotopic (exact) mass is 490 g/mol. The van der Waals surface area contributed by atoms with Crippen molar-refractivity contribution in [2.75, 3.05) is 34.3 Å². The second-order valence-corrected chi connectivity index (χ2v) is 7.56. The van der Waals surface area contributed by atoms with Gasteiger partial charge in [-0.2, -0.15) is 0 Å². The lowest BCUT2D eigenvalue weighted by molar-refractivity contribution is 0.0205. The van der Waals surface area contributed by atoms with Crippen LogP contribution in [0.25, 0.3) is 0 Å². The molecule has 154 valence electrons. The van der Waals surface area contributed by atoms with Crippen molar-refractivity contribution in [2.45, 2.75) is 40.3 Å². The minimum atomic E-state index is 0. The van der Waals surface area contributed by atoms with Gasteiger partial charge in [-0.1, -0.05) is 32.9 Å². The topological polar surface area (TPSA) is 66.0 Å². The Morgan fingerprint density at radius 1 is 1.19 bits per heavy atom. The summed E-state index contributed by atoms with van der Waals surface area (Å²) in [6, 6.07) is 7.57. The number of hydrogen-bond acceptors (Lipinski definition) is 3. The van der Waals surface area contributed by atoms with Gasteiger partial charge in [0.05, 0.1) is 12.6 Å². The molecule has 1 atom stereocenters. The standard InChI is InChI=1S/C20H34N4O2.HI/c1-8-21-19(23-14-17(26-7)20(2,3)4)22-13-15-9-11-16(12-10-15)18(25)24(5)6;/h9-12,17H,8,13-14H2,1-7H3,(H2,21,22,23);1H. The van der Waals surface area contributed by atoms with E-state index in [9.17, 15) is 4.79 Å². The Hall–Kier alpha value is -1.35. The Morgan fingerprint density at radius 2 is 1.78 bits per heavy atom. The molecular weight excluding hydrogens is 455 g/mol. The summed E-state index contributed by atoms with van der Waals surface area (Å²) in [4.78, 5) is 18.1. The molecule has 6 nitrogen and oxygen atoms in total. The third kappa shape index (κ3) is 8.92. The van der Waals surface area contributed by atoms with Gasteiger partial charge < -0.3 is 20.3 Å². The molecule has 1 unspecified atom stereocenters. The highest BCUT2D eigenvalue weighted by molar-refractivity contribution is 14.0. The van der Waals surface area contributed by atoms with Crippen LogP contribution in [-0.2, 0) is 11.3 Å². The van der Waals surface area contributed by atoms with Gasteiger partial charge in [-0.05, 0) is 30.0 Å². The summed E-state index contributed by atoms with van der Waals surface area (Å²) >= 11 is 0. The van der Waals surface area contributed by atoms with Crippen molar-refractivity contribution in [3.05, 3.63) is 35.4 Å². The molecule has 0 aliphatic carbocycles. The molecule has 1 aromatic rings. The third-order valence-corrected chi connectivity index (χ3v) is 4.08. The molecule has 0 heterocycles. The van der Waals surface area contributed by atoms with Crippen molar-refractivity contribution in [2.24, 2.45) is 10.4 Å². The summed E-state index contributed by atoms with van der Waals surface area (Å²) in [5, 5.41) is 6.60. The fourth-order valence-electron chi connectivity index (χ4n) is 2.46. The molecule has 0 radical (unpaired) electrons. The summed E-state index contributed by atoms with van der Waals surface area (Å²) in [5.74, 6) is 0.759. The zero-order chi connectivity index (χ0) is 19.7. The summed E-state index contributed by atoms with van der Waals surface area (Å²) in [7, 11) is 5.23. The van der Waals surface area contributed by atoms with Crippen molar-refractivity contribution in [3.8, 4) is 0 Å². The lowest BCUT2D eigenvalue weighted by atomic mass is 9.89. The van der Waals surface area contributed by atoms with E-state index >= 15 is 0 Å². The van der Waals surface area contributed by atoms with Gasteiger partial charge in [-0.15, -0.1) is 24.0 Å². The Labute approximate surface area is 181 Å². The van der Waals surface area contributed by atoms with Gasteiger partial charge >= 0.3 is 0 Å². The molecule has 0 saturated heterocycles. The van der Waals surface area contributed by atoms with Gasteiger partial charge in [-0.25, -0.2) is 4.99 Å². The van der Waals surface area contributed by atoms with Gasteiger partial charge in [0.15, 0.2) is 5.96 Å². The first kappa shape index (κ1) is 25.6. The zero-order valence-electron chi connectivity index (χ0n) is 17.6. The van der Waals surface area contributed by atoms with E-state index in [1.807, 2.05) is 31.2 Å². The maximum Gasteiger partial charge on any atom is 0.253 e. The minimum Gasteiger partial charge on any atom is -0.379 e. The predicted octanol–water partition coefficient (Wildman–Crippen LogP) is 3.12. The number of methoxy groups -OCH3 is 1. The minimum absolute atomic E-state index is 0. The van der Waals surface area contributed by atoms with Gasteiger partial charge in [0, 0.05) is 39.9 Å². The van der Waals surface area contributed by atoms with E-state index in [1.165, 1.54) is 0 Å². The van der Waals surface area contributed by atoms with Crippen LogP contribution in [-0.4, -0.2) is 57.2 Å². The van der Waals surface area contributed by atoms with E-state index in [0.29, 0.717) is 18.7 Å². The number of hydrogen-bond donors (Lipinski definition) is 2. The van der Waals surface area contributed by atoms with Crippen molar-refractivity contribution >= 4 is 35.8 Å². The fourth-order valence-corrected chi connectivity index (χ4v) is 2.46. The molecular formula is C20H35IN4O2. The Balaban J connectivity index is 0.00000676. The molecule has 0 aliphatic heterocycles. The average molecular weight is 490 g/mol. The van der Waals surface area contributed by atoms with E-state index < -0.39 is 0 Å². The number of rotatable bonds is 7. The predicted molar refractivity (Wildman–Crippen MR) is 123 cm³/mol. The van der Waals surface area contributed by atoms with Crippen molar-refractivity contribution in [1.82, 2.24) is 15.5 Å². The molecule has 1 rings (SSSR count). The number of amides is 1. The first-order valence-corrected chi connectivity index (χ1v) is 9.04. The second kappa shape index (κ2) is 12.2. The van der Waals surface area contributed by atoms with E-state index in [4.69, 9.17) is 4.74 Å². The Bertz CT molecular complexity index is 595. The summed E-state index contributed by atoms with van der Waals surface area (Å²) in [6.07, 6.45) is 0.0858. The lowest BCUT2D eigenvalue weighted by Crippen LogP contribution is -2.45. The highest BCUT2D eigenvalue weighted by Crippen LogP contribution is 2.20. The van der Waals surface area contributed by atoms with Crippen LogP contribution in [0.1, 0.15) is 43.6 Å². The molecule has 7 heteroatoms. The van der Waals surface area contributed by atoms with Crippen LogP contribution in [0, 0.1) is 5.41 Å². The second-order valence-electron chi connectivity index (χ2n) is 7.56. The van der Waals surface area contributed by atoms with Gasteiger partial charge in [-0.3, -0.25) is 4.79 Å². The maximum absolute atomic E-state index is 11.9. The molecule has 2 N–H and O–H groups in total. The van der Waals surface area contributed by atoms with Crippen LogP contribution in [0.15, 0.2) is 29.3 Å². The number of ether oxygens (including phenoxy) is 1. The van der Waals surface area contributed by atoms with Gasteiger partial charge in [0.2, 0.25) is 0 Å². The van der Waals surface area contributed by atoms with Crippen LogP contribution in [0.3, 0.4) is 0 Å². The maximum atomic E-state index is 11.9. The van der Waals surface area contributed by atoms with Crippen molar-refractivity contribution < 1.29 is 9.53 Å². The third-order valence-electron chi connectivity index (χ3n) is 4.08. The van der Waals surface area contributed by atoms with Crippen LogP contribution in [0.5, 0.6) is 0 Å². The highest BCUT2D eigenvalue weighted by Gasteiger charge is 2.24. The largest absolute Gasteiger partial charge is 0.379 e. The summed E-state index contributed by atoms with van der Waals surface area (Å²) in [5.41, 5.74) is 1.78. The number of carbonyl (C=O) groups is 1. The number of halogens is 1. The first-order valence-electron chi connectivity index (χ1n) is 9.04. The number of carbonyl (C=O) groups excluding carboxylic acids is 1. The van der Waals surface area contributed by atoms with Gasteiger partial charge in [0.1, 0.15) is 0 Å². The number of nitrogens with one attached hydrogen (secondary N) is 2. The van der Waals surface area contributed by atoms with E-state index in [0.717, 1.165) is 18.1 Å². The molecule has 0 bridgehead atoms. The molecule has 0 saturated carbocycles. The zero-order valence-corrected chi connectivity index (χ0v) is 20.0. The Kier molecular flexibility index (Phi) is 11.6. The first-order chi connectivity index (χ1) is 12.2. The van der Waals surface area contributed by atoms with Crippen LogP contribution in [0.4, 0.5) is 0 Å². The number of guanidine groups is 1. The van der Waals surface area contributed by atoms with E-state index in [1.54, 1.807) is 26.1 Å². The normalized spacial score (nSPS) is 12.8. The molecule has 27 heavy (non-hydrogen) atoms. The number of benzene rings is 1. The fraction of sp³-hybridized carbons (Fsp3) is 0.600. The molecule has 0 spiro atoms. The molecule has 0 aliphatic rings. The van der Waals surface area contributed by atoms with Crippen molar-refractivity contribution in [1.29, 1.82) is 0 Å². The SMILES string of the molecule is CCNC(=NCc1ccc(C(=O)N(C)C)cc1)NCC(OC)C(C)(C)C.I. The molecule has 1 aromatic carbocycles. The summed E-state index contributed by atoms with van der Waals surface area (Å²) < 4.78 is 5.58. The summed E-state index contributed by atoms with van der Waals surface area (Å²) in [6.45, 7) is 10.5. The Morgan fingerprint density at radius 3 is 2.22 bits per heavy atom. The smallest absolute Gasteiger partial charge is 0.253 e. The van der Waals surface area contributed by atoms with Gasteiger partial charge in [0.25, 0.3) is 5.91 Å². The number of nitrogens with zero attached hydrogens (tertiary/aromatic N) is 2. The molecule has 1 amide bonds.